The van der Waals surface area contributed by atoms with Crippen molar-refractivity contribution >= 4 is 19.6 Å². The maximum atomic E-state index is 11.4. The summed E-state index contributed by atoms with van der Waals surface area (Å²) >= 11 is 0. The lowest BCUT2D eigenvalue weighted by atomic mass is 10.1. The first-order valence-corrected chi connectivity index (χ1v) is 9.26. The van der Waals surface area contributed by atoms with Crippen LogP contribution in [0.3, 0.4) is 0 Å². The number of hydrogen-bond acceptors (Lipinski definition) is 2. The van der Waals surface area contributed by atoms with Gasteiger partial charge in [-0.2, -0.15) is 0 Å². The molecule has 2 nitrogen and oxygen atoms in total. The van der Waals surface area contributed by atoms with Crippen LogP contribution >= 0.6 is 0 Å². The first-order chi connectivity index (χ1) is 7.96. The minimum Gasteiger partial charge on any atom is -0.423 e. The van der Waals surface area contributed by atoms with Crippen molar-refractivity contribution in [2.75, 3.05) is 0 Å². The van der Waals surface area contributed by atoms with Crippen molar-refractivity contribution in [2.45, 2.75) is 19.6 Å². The third-order valence-corrected chi connectivity index (χ3v) is 3.52. The number of cyclic esters (lactones) is 1. The minimum absolute atomic E-state index is 0.270. The predicted molar refractivity (Wildman–Crippen MR) is 71.9 cm³/mol. The number of carbonyl (C=O) groups excluding carboxylic acids is 1. The van der Waals surface area contributed by atoms with E-state index in [9.17, 15) is 4.79 Å². The molecule has 1 aliphatic rings. The van der Waals surface area contributed by atoms with Gasteiger partial charge in [0.2, 0.25) is 0 Å². The maximum absolute atomic E-state index is 11.4. The zero-order valence-electron chi connectivity index (χ0n) is 10.4. The Kier molecular flexibility index (Phi) is 3.02. The molecule has 88 valence electrons. The van der Waals surface area contributed by atoms with E-state index in [1.54, 1.807) is 6.08 Å². The van der Waals surface area contributed by atoms with Crippen LogP contribution in [0.25, 0.3) is 5.57 Å². The van der Waals surface area contributed by atoms with Crippen molar-refractivity contribution in [2.24, 2.45) is 0 Å². The molecular formula is C14H16O2Si. The van der Waals surface area contributed by atoms with Crippen LogP contribution in [0, 0.1) is 0 Å². The Morgan fingerprint density at radius 1 is 1.12 bits per heavy atom. The van der Waals surface area contributed by atoms with Gasteiger partial charge >= 0.3 is 5.97 Å². The molecule has 0 unspecified atom stereocenters. The largest absolute Gasteiger partial charge is 0.423 e. The Balaban J connectivity index is 2.42. The Labute approximate surface area is 103 Å². The van der Waals surface area contributed by atoms with Gasteiger partial charge in [-0.25, -0.2) is 4.79 Å². The van der Waals surface area contributed by atoms with Crippen molar-refractivity contribution in [3.8, 4) is 0 Å². The predicted octanol–water partition coefficient (Wildman–Crippen LogP) is 3.39. The van der Waals surface area contributed by atoms with Crippen LogP contribution in [0.4, 0.5) is 0 Å². The second kappa shape index (κ2) is 4.34. The zero-order chi connectivity index (χ0) is 12.5. The first kappa shape index (κ1) is 11.9. The van der Waals surface area contributed by atoms with E-state index in [1.807, 2.05) is 30.3 Å². The highest BCUT2D eigenvalue weighted by Gasteiger charge is 2.24. The minimum atomic E-state index is -1.41. The quantitative estimate of drug-likeness (QED) is 0.589. The van der Waals surface area contributed by atoms with Crippen LogP contribution in [-0.2, 0) is 9.53 Å². The molecular weight excluding hydrogens is 228 g/mol. The van der Waals surface area contributed by atoms with Crippen molar-refractivity contribution in [1.29, 1.82) is 0 Å². The first-order valence-electron chi connectivity index (χ1n) is 5.68. The number of allylic oxidation sites excluding steroid dienone is 1. The van der Waals surface area contributed by atoms with E-state index in [2.05, 4.69) is 25.3 Å². The van der Waals surface area contributed by atoms with Gasteiger partial charge in [0.1, 0.15) is 5.76 Å². The molecule has 0 fully saturated rings. The molecule has 1 aromatic carbocycles. The highest BCUT2D eigenvalue weighted by atomic mass is 28.3. The van der Waals surface area contributed by atoms with Gasteiger partial charge in [0.05, 0.1) is 8.07 Å². The number of ether oxygens (including phenoxy) is 1. The van der Waals surface area contributed by atoms with E-state index >= 15 is 0 Å². The smallest absolute Gasteiger partial charge is 0.336 e. The summed E-state index contributed by atoms with van der Waals surface area (Å²) in [7, 11) is -1.41. The molecule has 0 saturated carbocycles. The fourth-order valence-corrected chi connectivity index (χ4v) is 2.73. The summed E-state index contributed by atoms with van der Waals surface area (Å²) in [6.45, 7) is 6.65. The molecule has 0 aromatic heterocycles. The molecule has 0 amide bonds. The van der Waals surface area contributed by atoms with Crippen LogP contribution in [0.5, 0.6) is 0 Å². The molecule has 1 heterocycles. The fraction of sp³-hybridized carbons (Fsp3) is 0.214. The summed E-state index contributed by atoms with van der Waals surface area (Å²) in [5.74, 6) is 0.453. The Morgan fingerprint density at radius 3 is 2.35 bits per heavy atom. The molecule has 1 aromatic rings. The summed E-state index contributed by atoms with van der Waals surface area (Å²) in [6, 6.07) is 9.87. The van der Waals surface area contributed by atoms with Gasteiger partial charge in [0.25, 0.3) is 0 Å². The molecule has 2 rings (SSSR count). The molecule has 0 bridgehead atoms. The summed E-state index contributed by atoms with van der Waals surface area (Å²) in [4.78, 5) is 11.4. The summed E-state index contributed by atoms with van der Waals surface area (Å²) < 4.78 is 5.27. The SMILES string of the molecule is C[Si](C)(C)/C=C1/OC(=O)C=C1c1ccccc1. The molecule has 0 saturated heterocycles. The van der Waals surface area contributed by atoms with E-state index in [0.717, 1.165) is 16.9 Å². The number of hydrogen-bond donors (Lipinski definition) is 0. The van der Waals surface area contributed by atoms with Crippen molar-refractivity contribution in [3.63, 3.8) is 0 Å². The molecule has 0 aliphatic carbocycles. The van der Waals surface area contributed by atoms with Crippen molar-refractivity contribution in [3.05, 3.63) is 53.4 Å². The molecule has 0 spiro atoms. The van der Waals surface area contributed by atoms with E-state index in [-0.39, 0.29) is 5.97 Å². The third-order valence-electron chi connectivity index (χ3n) is 2.39. The Hall–Kier alpha value is -1.61. The van der Waals surface area contributed by atoms with Gasteiger partial charge in [-0.05, 0) is 5.56 Å². The van der Waals surface area contributed by atoms with Crippen LogP contribution in [0.1, 0.15) is 5.56 Å². The topological polar surface area (TPSA) is 26.3 Å². The van der Waals surface area contributed by atoms with Gasteiger partial charge in [-0.15, -0.1) is 0 Å². The Morgan fingerprint density at radius 2 is 1.76 bits per heavy atom. The molecule has 0 radical (unpaired) electrons. The number of esters is 1. The van der Waals surface area contributed by atoms with Crippen molar-refractivity contribution in [1.82, 2.24) is 0 Å². The van der Waals surface area contributed by atoms with E-state index in [1.165, 1.54) is 0 Å². The number of benzene rings is 1. The molecule has 3 heteroatoms. The second-order valence-corrected chi connectivity index (χ2v) is 10.2. The average molecular weight is 244 g/mol. The molecule has 0 atom stereocenters. The fourth-order valence-electron chi connectivity index (χ4n) is 1.73. The van der Waals surface area contributed by atoms with Gasteiger partial charge in [0, 0.05) is 11.6 Å². The van der Waals surface area contributed by atoms with Crippen LogP contribution < -0.4 is 0 Å². The van der Waals surface area contributed by atoms with Crippen LogP contribution in [0.15, 0.2) is 47.9 Å². The normalized spacial score (nSPS) is 18.2. The number of carbonyl (C=O) groups is 1. The Bertz CT molecular complexity index is 493. The lowest BCUT2D eigenvalue weighted by molar-refractivity contribution is -0.132. The van der Waals surface area contributed by atoms with E-state index in [4.69, 9.17) is 4.74 Å². The van der Waals surface area contributed by atoms with Gasteiger partial charge in [0.15, 0.2) is 0 Å². The zero-order valence-corrected chi connectivity index (χ0v) is 11.4. The summed E-state index contributed by atoms with van der Waals surface area (Å²) in [6.07, 6.45) is 1.57. The van der Waals surface area contributed by atoms with E-state index < -0.39 is 8.07 Å². The summed E-state index contributed by atoms with van der Waals surface area (Å²) in [5.41, 5.74) is 4.05. The van der Waals surface area contributed by atoms with E-state index in [0.29, 0.717) is 0 Å². The van der Waals surface area contributed by atoms with Crippen molar-refractivity contribution < 1.29 is 9.53 Å². The lowest BCUT2D eigenvalue weighted by Crippen LogP contribution is -2.17. The molecule has 0 N–H and O–H groups in total. The van der Waals surface area contributed by atoms with Gasteiger partial charge in [-0.3, -0.25) is 0 Å². The highest BCUT2D eigenvalue weighted by molar-refractivity contribution is 6.81. The molecule has 17 heavy (non-hydrogen) atoms. The van der Waals surface area contributed by atoms with Gasteiger partial charge in [-0.1, -0.05) is 55.7 Å². The average Bonchev–Trinajstić information content (AvgIpc) is 2.58. The van der Waals surface area contributed by atoms with Crippen LogP contribution in [0.2, 0.25) is 19.6 Å². The second-order valence-electron chi connectivity index (χ2n) is 5.22. The van der Waals surface area contributed by atoms with Gasteiger partial charge < -0.3 is 4.74 Å². The third kappa shape index (κ3) is 2.94. The number of rotatable bonds is 2. The van der Waals surface area contributed by atoms with Crippen LogP contribution in [-0.4, -0.2) is 14.0 Å². The molecule has 1 aliphatic heterocycles. The maximum Gasteiger partial charge on any atom is 0.336 e. The highest BCUT2D eigenvalue weighted by Crippen LogP contribution is 2.30. The summed E-state index contributed by atoms with van der Waals surface area (Å²) in [5, 5.41) is 0. The standard InChI is InChI=1S/C14H16O2Si/c1-17(2,3)10-13-12(9-14(15)16-13)11-7-5-4-6-8-11/h4-10H,1-3H3/b13-10+. The monoisotopic (exact) mass is 244 g/mol. The lowest BCUT2D eigenvalue weighted by Gasteiger charge is -2.12.